The van der Waals surface area contributed by atoms with Gasteiger partial charge in [-0.05, 0) is 12.8 Å². The summed E-state index contributed by atoms with van der Waals surface area (Å²) >= 11 is 0. The SMILES string of the molecule is CCCN(CC(=O)NC)C(=O)C1CC1N. The van der Waals surface area contributed by atoms with Gasteiger partial charge >= 0.3 is 0 Å². The van der Waals surface area contributed by atoms with Crippen LogP contribution in [0.5, 0.6) is 0 Å². The molecule has 0 saturated heterocycles. The number of likely N-dealkylation sites (N-methyl/N-ethyl adjacent to an activating group) is 1. The Balaban J connectivity index is 2.49. The van der Waals surface area contributed by atoms with Crippen molar-refractivity contribution in [1.29, 1.82) is 0 Å². The van der Waals surface area contributed by atoms with Gasteiger partial charge in [0, 0.05) is 19.6 Å². The molecule has 5 nitrogen and oxygen atoms in total. The van der Waals surface area contributed by atoms with Gasteiger partial charge in [0.05, 0.1) is 12.5 Å². The molecular formula is C10H19N3O2. The largest absolute Gasteiger partial charge is 0.358 e. The van der Waals surface area contributed by atoms with Crippen LogP contribution in [-0.4, -0.2) is 42.9 Å². The number of nitrogens with one attached hydrogen (secondary N) is 1. The highest BCUT2D eigenvalue weighted by molar-refractivity contribution is 5.87. The van der Waals surface area contributed by atoms with E-state index in [1.807, 2.05) is 6.92 Å². The highest BCUT2D eigenvalue weighted by Gasteiger charge is 2.42. The summed E-state index contributed by atoms with van der Waals surface area (Å²) in [7, 11) is 1.57. The molecule has 2 unspecified atom stereocenters. The predicted molar refractivity (Wildman–Crippen MR) is 57.0 cm³/mol. The maximum atomic E-state index is 11.8. The van der Waals surface area contributed by atoms with Crippen LogP contribution in [0.3, 0.4) is 0 Å². The molecule has 0 bridgehead atoms. The van der Waals surface area contributed by atoms with Crippen molar-refractivity contribution in [3.8, 4) is 0 Å². The van der Waals surface area contributed by atoms with E-state index in [0.717, 1.165) is 12.8 Å². The monoisotopic (exact) mass is 213 g/mol. The summed E-state index contributed by atoms with van der Waals surface area (Å²) in [5.74, 6) is -0.167. The molecule has 1 aliphatic rings. The van der Waals surface area contributed by atoms with Gasteiger partial charge in [0.2, 0.25) is 11.8 Å². The third kappa shape index (κ3) is 3.20. The van der Waals surface area contributed by atoms with Crippen molar-refractivity contribution in [2.45, 2.75) is 25.8 Å². The third-order valence-corrected chi connectivity index (χ3v) is 2.58. The molecule has 15 heavy (non-hydrogen) atoms. The van der Waals surface area contributed by atoms with Gasteiger partial charge in [-0.2, -0.15) is 0 Å². The van der Waals surface area contributed by atoms with Crippen molar-refractivity contribution >= 4 is 11.8 Å². The first-order valence-electron chi connectivity index (χ1n) is 5.35. The topological polar surface area (TPSA) is 75.4 Å². The van der Waals surface area contributed by atoms with Crippen LogP contribution < -0.4 is 11.1 Å². The normalized spacial score (nSPS) is 23.4. The van der Waals surface area contributed by atoms with Crippen LogP contribution in [0.25, 0.3) is 0 Å². The van der Waals surface area contributed by atoms with Crippen LogP contribution in [0.4, 0.5) is 0 Å². The molecule has 0 heterocycles. The van der Waals surface area contributed by atoms with Gasteiger partial charge in [-0.3, -0.25) is 9.59 Å². The molecule has 86 valence electrons. The average Bonchev–Trinajstić information content (AvgIpc) is 2.93. The number of hydrogen-bond donors (Lipinski definition) is 2. The standard InChI is InChI=1S/C10H19N3O2/c1-3-4-13(6-9(14)12-2)10(15)7-5-8(7)11/h7-8H,3-6,11H2,1-2H3,(H,12,14). The fraction of sp³-hybridized carbons (Fsp3) is 0.800. The minimum absolute atomic E-state index is 0.00143. The van der Waals surface area contributed by atoms with Crippen LogP contribution in [0.15, 0.2) is 0 Å². The van der Waals surface area contributed by atoms with Crippen LogP contribution in [-0.2, 0) is 9.59 Å². The van der Waals surface area contributed by atoms with Crippen molar-refractivity contribution in [2.75, 3.05) is 20.1 Å². The fourth-order valence-corrected chi connectivity index (χ4v) is 1.52. The Bertz CT molecular complexity index is 255. The Hall–Kier alpha value is -1.10. The molecule has 0 aromatic carbocycles. The second-order valence-electron chi connectivity index (χ2n) is 3.94. The van der Waals surface area contributed by atoms with E-state index < -0.39 is 0 Å². The number of carbonyl (C=O) groups is 2. The minimum atomic E-state index is -0.133. The molecule has 2 atom stereocenters. The Morgan fingerprint density at radius 1 is 1.53 bits per heavy atom. The van der Waals surface area contributed by atoms with Crippen LogP contribution in [0.1, 0.15) is 19.8 Å². The molecule has 1 fully saturated rings. The van der Waals surface area contributed by atoms with Crippen molar-refractivity contribution in [3.05, 3.63) is 0 Å². The summed E-state index contributed by atoms with van der Waals surface area (Å²) < 4.78 is 0. The Kier molecular flexibility index (Phi) is 4.08. The summed E-state index contributed by atoms with van der Waals surface area (Å²) in [4.78, 5) is 24.6. The van der Waals surface area contributed by atoms with Gasteiger partial charge in [-0.15, -0.1) is 0 Å². The van der Waals surface area contributed by atoms with E-state index in [2.05, 4.69) is 5.32 Å². The van der Waals surface area contributed by atoms with Gasteiger partial charge in [0.15, 0.2) is 0 Å². The van der Waals surface area contributed by atoms with E-state index in [1.54, 1.807) is 11.9 Å². The van der Waals surface area contributed by atoms with Gasteiger partial charge < -0.3 is 16.0 Å². The first-order valence-corrected chi connectivity index (χ1v) is 5.35. The average molecular weight is 213 g/mol. The zero-order chi connectivity index (χ0) is 11.4. The molecule has 1 aliphatic carbocycles. The lowest BCUT2D eigenvalue weighted by Crippen LogP contribution is -2.41. The highest BCUT2D eigenvalue weighted by Crippen LogP contribution is 2.29. The van der Waals surface area contributed by atoms with Crippen LogP contribution in [0.2, 0.25) is 0 Å². The zero-order valence-corrected chi connectivity index (χ0v) is 9.32. The van der Waals surface area contributed by atoms with Crippen LogP contribution >= 0.6 is 0 Å². The molecule has 0 aromatic rings. The van der Waals surface area contributed by atoms with E-state index in [9.17, 15) is 9.59 Å². The van der Waals surface area contributed by atoms with E-state index in [4.69, 9.17) is 5.73 Å². The second-order valence-corrected chi connectivity index (χ2v) is 3.94. The van der Waals surface area contributed by atoms with Gasteiger partial charge in [0.25, 0.3) is 0 Å². The molecule has 1 rings (SSSR count). The van der Waals surface area contributed by atoms with Crippen molar-refractivity contribution in [1.82, 2.24) is 10.2 Å². The first-order chi connectivity index (χ1) is 7.10. The van der Waals surface area contributed by atoms with Crippen molar-refractivity contribution in [3.63, 3.8) is 0 Å². The van der Waals surface area contributed by atoms with Gasteiger partial charge in [0.1, 0.15) is 0 Å². The summed E-state index contributed by atoms with van der Waals surface area (Å²) in [6, 6.07) is 0.00143. The molecule has 0 spiro atoms. The van der Waals surface area contributed by atoms with E-state index in [0.29, 0.717) is 6.54 Å². The van der Waals surface area contributed by atoms with Crippen molar-refractivity contribution in [2.24, 2.45) is 11.7 Å². The molecule has 3 N–H and O–H groups in total. The zero-order valence-electron chi connectivity index (χ0n) is 9.32. The van der Waals surface area contributed by atoms with E-state index in [-0.39, 0.29) is 30.3 Å². The smallest absolute Gasteiger partial charge is 0.239 e. The second kappa shape index (κ2) is 5.11. The van der Waals surface area contributed by atoms with E-state index in [1.165, 1.54) is 0 Å². The Morgan fingerprint density at radius 2 is 2.13 bits per heavy atom. The molecule has 5 heteroatoms. The molecule has 0 aromatic heterocycles. The minimum Gasteiger partial charge on any atom is -0.358 e. The quantitative estimate of drug-likeness (QED) is 0.635. The summed E-state index contributed by atoms with van der Waals surface area (Å²) in [6.45, 7) is 2.75. The maximum Gasteiger partial charge on any atom is 0.239 e. The number of rotatable bonds is 5. The Morgan fingerprint density at radius 3 is 2.53 bits per heavy atom. The summed E-state index contributed by atoms with van der Waals surface area (Å²) in [5, 5.41) is 2.52. The molecular weight excluding hydrogens is 194 g/mol. The lowest BCUT2D eigenvalue weighted by molar-refractivity contribution is -0.137. The molecule has 0 radical (unpaired) electrons. The van der Waals surface area contributed by atoms with Gasteiger partial charge in [-0.25, -0.2) is 0 Å². The van der Waals surface area contributed by atoms with Gasteiger partial charge in [-0.1, -0.05) is 6.92 Å². The first kappa shape index (κ1) is 12.0. The number of nitrogens with zero attached hydrogens (tertiary/aromatic N) is 1. The summed E-state index contributed by atoms with van der Waals surface area (Å²) in [5.41, 5.74) is 5.62. The number of hydrogen-bond acceptors (Lipinski definition) is 3. The number of amides is 2. The fourth-order valence-electron chi connectivity index (χ4n) is 1.52. The molecule has 0 aliphatic heterocycles. The molecule has 2 amide bonds. The lowest BCUT2D eigenvalue weighted by atomic mass is 10.3. The van der Waals surface area contributed by atoms with Crippen molar-refractivity contribution < 1.29 is 9.59 Å². The summed E-state index contributed by atoms with van der Waals surface area (Å²) in [6.07, 6.45) is 1.61. The predicted octanol–water partition coefficient (Wildman–Crippen LogP) is -0.682. The highest BCUT2D eigenvalue weighted by atomic mass is 16.2. The Labute approximate surface area is 90.0 Å². The third-order valence-electron chi connectivity index (χ3n) is 2.58. The molecule has 1 saturated carbocycles. The number of carbonyl (C=O) groups excluding carboxylic acids is 2. The number of nitrogens with two attached hydrogens (primary N) is 1. The maximum absolute atomic E-state index is 11.8. The van der Waals surface area contributed by atoms with E-state index >= 15 is 0 Å². The van der Waals surface area contributed by atoms with Crippen LogP contribution in [0, 0.1) is 5.92 Å². The lowest BCUT2D eigenvalue weighted by Gasteiger charge is -2.21.